The molecule has 3 nitrogen and oxygen atoms in total. The van der Waals surface area contributed by atoms with Crippen molar-refractivity contribution in [3.05, 3.63) is 90.5 Å². The van der Waals surface area contributed by atoms with Gasteiger partial charge >= 0.3 is 0 Å². The van der Waals surface area contributed by atoms with Crippen LogP contribution in [0.2, 0.25) is 0 Å². The summed E-state index contributed by atoms with van der Waals surface area (Å²) in [6.07, 6.45) is 0. The van der Waals surface area contributed by atoms with Gasteiger partial charge in [-0.1, -0.05) is 48.5 Å². The third-order valence-corrected chi connectivity index (χ3v) is 3.48. The van der Waals surface area contributed by atoms with E-state index in [1.54, 1.807) is 14.2 Å². The third kappa shape index (κ3) is 8.78. The Kier molecular flexibility index (Phi) is 10.1. The predicted octanol–water partition coefficient (Wildman–Crippen LogP) is 5.45. The van der Waals surface area contributed by atoms with Gasteiger partial charge in [-0.15, -0.1) is 0 Å². The Labute approximate surface area is 157 Å². The minimum Gasteiger partial charge on any atom is -0.497 e. The summed E-state index contributed by atoms with van der Waals surface area (Å²) in [6.45, 7) is 2.04. The van der Waals surface area contributed by atoms with Crippen molar-refractivity contribution in [1.29, 1.82) is 0 Å². The van der Waals surface area contributed by atoms with Crippen LogP contribution in [0, 0.1) is 6.92 Å². The molecule has 26 heavy (non-hydrogen) atoms. The fourth-order valence-electron chi connectivity index (χ4n) is 2.03. The molecule has 0 fully saturated rings. The van der Waals surface area contributed by atoms with Crippen molar-refractivity contribution in [3.63, 3.8) is 0 Å². The summed E-state index contributed by atoms with van der Waals surface area (Å²) in [5.74, 6) is 1.84. The highest BCUT2D eigenvalue weighted by molar-refractivity contribution is 5.43. The topological polar surface area (TPSA) is 21.7 Å². The maximum absolute atomic E-state index is 5.00. The van der Waals surface area contributed by atoms with Crippen molar-refractivity contribution >= 4 is 5.69 Å². The quantitative estimate of drug-likeness (QED) is 0.626. The summed E-state index contributed by atoms with van der Waals surface area (Å²) in [5.41, 5.74) is 2.48. The lowest BCUT2D eigenvalue weighted by Crippen LogP contribution is -2.07. The molecule has 0 aliphatic heterocycles. The molecular weight excluding hydrogens is 322 g/mol. The summed E-state index contributed by atoms with van der Waals surface area (Å²) in [7, 11) is 7.41. The number of para-hydroxylation sites is 2. The summed E-state index contributed by atoms with van der Waals surface area (Å²) in [4.78, 5) is 2.08. The number of anilines is 1. The predicted molar refractivity (Wildman–Crippen MR) is 111 cm³/mol. The van der Waals surface area contributed by atoms with Crippen LogP contribution < -0.4 is 14.4 Å². The van der Waals surface area contributed by atoms with Gasteiger partial charge in [0.1, 0.15) is 11.5 Å². The fourth-order valence-corrected chi connectivity index (χ4v) is 2.03. The zero-order chi connectivity index (χ0) is 19.2. The molecule has 0 saturated carbocycles. The second-order valence-corrected chi connectivity index (χ2v) is 5.77. The molecular formula is C23H29NO2. The Morgan fingerprint density at radius 1 is 0.615 bits per heavy atom. The Balaban J connectivity index is 0.000000195. The van der Waals surface area contributed by atoms with Crippen molar-refractivity contribution < 1.29 is 9.47 Å². The van der Waals surface area contributed by atoms with Gasteiger partial charge in [0, 0.05) is 19.8 Å². The zero-order valence-electron chi connectivity index (χ0n) is 16.3. The number of hydrogen-bond acceptors (Lipinski definition) is 3. The molecule has 3 heteroatoms. The highest BCUT2D eigenvalue weighted by Gasteiger charge is 1.88. The van der Waals surface area contributed by atoms with E-state index in [1.165, 1.54) is 11.3 Å². The molecule has 3 rings (SSSR count). The van der Waals surface area contributed by atoms with Crippen molar-refractivity contribution in [1.82, 2.24) is 0 Å². The molecule has 138 valence electrons. The molecule has 0 atom stereocenters. The number of aryl methyl sites for hydroxylation is 1. The lowest BCUT2D eigenvalue weighted by molar-refractivity contribution is 0.414. The van der Waals surface area contributed by atoms with Crippen LogP contribution in [-0.2, 0) is 0 Å². The van der Waals surface area contributed by atoms with E-state index in [0.717, 1.165) is 11.5 Å². The van der Waals surface area contributed by atoms with Gasteiger partial charge in [0.15, 0.2) is 0 Å². The molecule has 3 aromatic rings. The van der Waals surface area contributed by atoms with E-state index in [4.69, 9.17) is 9.47 Å². The molecule has 0 N–H and O–H groups in total. The van der Waals surface area contributed by atoms with Crippen molar-refractivity contribution in [2.45, 2.75) is 6.92 Å². The van der Waals surface area contributed by atoms with Gasteiger partial charge in [0.2, 0.25) is 0 Å². The van der Waals surface area contributed by atoms with Crippen LogP contribution in [0.5, 0.6) is 11.5 Å². The first-order valence-electron chi connectivity index (χ1n) is 8.49. The van der Waals surface area contributed by atoms with Crippen LogP contribution in [0.25, 0.3) is 0 Å². The number of methoxy groups -OCH3 is 2. The molecule has 0 amide bonds. The Morgan fingerprint density at radius 3 is 1.46 bits per heavy atom. The molecule has 0 unspecified atom stereocenters. The van der Waals surface area contributed by atoms with E-state index in [9.17, 15) is 0 Å². The van der Waals surface area contributed by atoms with Crippen LogP contribution in [-0.4, -0.2) is 28.3 Å². The van der Waals surface area contributed by atoms with E-state index >= 15 is 0 Å². The monoisotopic (exact) mass is 351 g/mol. The Hall–Kier alpha value is -2.94. The van der Waals surface area contributed by atoms with E-state index in [-0.39, 0.29) is 0 Å². The average Bonchev–Trinajstić information content (AvgIpc) is 2.70. The number of hydrogen-bond donors (Lipinski definition) is 0. The summed E-state index contributed by atoms with van der Waals surface area (Å²) in [6, 6.07) is 27.9. The molecule has 0 heterocycles. The second kappa shape index (κ2) is 12.4. The third-order valence-electron chi connectivity index (χ3n) is 3.48. The zero-order valence-corrected chi connectivity index (χ0v) is 16.3. The van der Waals surface area contributed by atoms with Crippen LogP contribution in [0.3, 0.4) is 0 Å². The molecule has 0 aliphatic carbocycles. The Morgan fingerprint density at radius 2 is 1.12 bits per heavy atom. The van der Waals surface area contributed by atoms with Gasteiger partial charge in [0.05, 0.1) is 14.2 Å². The second-order valence-electron chi connectivity index (χ2n) is 5.77. The number of nitrogens with zero attached hydrogens (tertiary/aromatic N) is 1. The first-order valence-corrected chi connectivity index (χ1v) is 8.49. The van der Waals surface area contributed by atoms with Gasteiger partial charge in [-0.25, -0.2) is 0 Å². The largest absolute Gasteiger partial charge is 0.497 e. The SMILES string of the molecule is CN(C)c1ccccc1.COc1cccc(C)c1.COc1ccccc1. The van der Waals surface area contributed by atoms with Crippen molar-refractivity contribution in [3.8, 4) is 11.5 Å². The minimum absolute atomic E-state index is 0.910. The van der Waals surface area contributed by atoms with E-state index in [1.807, 2.05) is 93.8 Å². The van der Waals surface area contributed by atoms with Crippen LogP contribution in [0.1, 0.15) is 5.56 Å². The maximum Gasteiger partial charge on any atom is 0.119 e. The van der Waals surface area contributed by atoms with Gasteiger partial charge in [-0.2, -0.15) is 0 Å². The molecule has 0 spiro atoms. The van der Waals surface area contributed by atoms with Gasteiger partial charge < -0.3 is 14.4 Å². The lowest BCUT2D eigenvalue weighted by Gasteiger charge is -2.10. The lowest BCUT2D eigenvalue weighted by atomic mass is 10.2. The van der Waals surface area contributed by atoms with E-state index in [2.05, 4.69) is 17.0 Å². The van der Waals surface area contributed by atoms with Crippen LogP contribution in [0.4, 0.5) is 5.69 Å². The molecule has 0 aromatic heterocycles. The first kappa shape index (κ1) is 21.1. The van der Waals surface area contributed by atoms with E-state index < -0.39 is 0 Å². The van der Waals surface area contributed by atoms with Gasteiger partial charge in [-0.05, 0) is 48.9 Å². The average molecular weight is 351 g/mol. The van der Waals surface area contributed by atoms with E-state index in [0.29, 0.717) is 0 Å². The highest BCUT2D eigenvalue weighted by atomic mass is 16.5. The van der Waals surface area contributed by atoms with Gasteiger partial charge in [0.25, 0.3) is 0 Å². The molecule has 0 aliphatic rings. The normalized spacial score (nSPS) is 8.96. The molecule has 0 saturated heterocycles. The number of ether oxygens (including phenoxy) is 2. The highest BCUT2D eigenvalue weighted by Crippen LogP contribution is 2.10. The summed E-state index contributed by atoms with van der Waals surface area (Å²) >= 11 is 0. The summed E-state index contributed by atoms with van der Waals surface area (Å²) < 4.78 is 9.91. The maximum atomic E-state index is 5.00. The number of rotatable bonds is 3. The van der Waals surface area contributed by atoms with Gasteiger partial charge in [-0.3, -0.25) is 0 Å². The number of benzene rings is 3. The van der Waals surface area contributed by atoms with Crippen molar-refractivity contribution in [2.24, 2.45) is 0 Å². The molecule has 0 bridgehead atoms. The van der Waals surface area contributed by atoms with Crippen LogP contribution >= 0.6 is 0 Å². The molecule has 0 radical (unpaired) electrons. The molecule has 3 aromatic carbocycles. The Bertz CT molecular complexity index is 713. The smallest absolute Gasteiger partial charge is 0.119 e. The van der Waals surface area contributed by atoms with Crippen molar-refractivity contribution in [2.75, 3.05) is 33.2 Å². The standard InChI is InChI=1S/C8H11N.C8H10O.C7H8O/c1-9(2)8-6-4-3-5-7-8;1-7-4-3-5-8(6-7)9-2;1-8-7-5-3-2-4-6-7/h3-7H,1-2H3;3-6H,1-2H3;2-6H,1H3. The summed E-state index contributed by atoms with van der Waals surface area (Å²) in [5, 5.41) is 0. The van der Waals surface area contributed by atoms with Crippen LogP contribution in [0.15, 0.2) is 84.9 Å². The minimum atomic E-state index is 0.910. The first-order chi connectivity index (χ1) is 12.6. The fraction of sp³-hybridized carbons (Fsp3) is 0.217.